The van der Waals surface area contributed by atoms with Gasteiger partial charge in [0.15, 0.2) is 6.10 Å². The van der Waals surface area contributed by atoms with Crippen LogP contribution >= 0.6 is 0 Å². The Labute approximate surface area is 346 Å². The van der Waals surface area contributed by atoms with Gasteiger partial charge in [-0.1, -0.05) is 44.0 Å². The molecule has 0 spiro atoms. The van der Waals surface area contributed by atoms with E-state index < -0.39 is 36.0 Å². The summed E-state index contributed by atoms with van der Waals surface area (Å²) in [4.78, 5) is 60.8. The van der Waals surface area contributed by atoms with Crippen LogP contribution in [0.3, 0.4) is 0 Å². The summed E-state index contributed by atoms with van der Waals surface area (Å²) in [6.07, 6.45) is 3.74. The lowest BCUT2D eigenvalue weighted by Gasteiger charge is -2.18. The minimum atomic E-state index is -0.707. The van der Waals surface area contributed by atoms with Crippen molar-refractivity contribution in [3.8, 4) is 23.0 Å². The second-order valence-corrected chi connectivity index (χ2v) is 13.2. The lowest BCUT2D eigenvalue weighted by Crippen LogP contribution is -2.29. The summed E-state index contributed by atoms with van der Waals surface area (Å²) in [7, 11) is 0. The molecule has 13 nitrogen and oxygen atoms in total. The first kappa shape index (κ1) is 43.9. The molecule has 5 rings (SSSR count). The Balaban J connectivity index is 1.15. The van der Waals surface area contributed by atoms with Gasteiger partial charge in [0, 0.05) is 24.8 Å². The van der Waals surface area contributed by atoms with Crippen molar-refractivity contribution in [2.45, 2.75) is 32.8 Å². The van der Waals surface area contributed by atoms with Crippen molar-refractivity contribution in [3.05, 3.63) is 145 Å². The molecule has 0 radical (unpaired) electrons. The standard InChI is InChI=1S/C47H44O13/c1-6-43(48)54-22-10-9-21-53-27-40(58-45(50)8-3)28-55-38-17-15-32-23-36(13-11-34(32)25-38)46(51)59-41-19-20-42(31(5)30(41)4)60-47(52)37-14-12-35-26-39(18-16-33(35)24-37)56-29-57-44(49)7-2/h6-8,11-20,23-26,40H,1-3,9-10,21-22,27-29H2,4-5H3. The van der Waals surface area contributed by atoms with Crippen LogP contribution in [-0.2, 0) is 33.3 Å². The van der Waals surface area contributed by atoms with Gasteiger partial charge in [-0.2, -0.15) is 0 Å². The first-order valence-corrected chi connectivity index (χ1v) is 18.8. The number of carbonyl (C=O) groups is 5. The molecule has 310 valence electrons. The Morgan fingerprint density at radius 3 is 1.58 bits per heavy atom. The number of unbranched alkanes of at least 4 members (excludes halogenated alkanes) is 1. The van der Waals surface area contributed by atoms with Crippen molar-refractivity contribution in [1.82, 2.24) is 0 Å². The quantitative estimate of drug-likeness (QED) is 0.0175. The Bertz CT molecular complexity index is 2410. The molecule has 0 aliphatic rings. The topological polar surface area (TPSA) is 159 Å². The third-order valence-electron chi connectivity index (χ3n) is 9.06. The maximum absolute atomic E-state index is 13.3. The highest BCUT2D eigenvalue weighted by atomic mass is 16.7. The fourth-order valence-corrected chi connectivity index (χ4v) is 5.68. The molecule has 0 N–H and O–H groups in total. The molecule has 0 aromatic heterocycles. The first-order valence-electron chi connectivity index (χ1n) is 18.8. The second-order valence-electron chi connectivity index (χ2n) is 13.2. The molecule has 0 amide bonds. The zero-order valence-corrected chi connectivity index (χ0v) is 33.3. The maximum Gasteiger partial charge on any atom is 0.343 e. The van der Waals surface area contributed by atoms with Gasteiger partial charge in [-0.15, -0.1) is 0 Å². The van der Waals surface area contributed by atoms with E-state index >= 15 is 0 Å². The number of fused-ring (bicyclic) bond motifs is 2. The minimum Gasteiger partial charge on any atom is -0.490 e. The summed E-state index contributed by atoms with van der Waals surface area (Å²) >= 11 is 0. The average Bonchev–Trinajstić information content (AvgIpc) is 3.26. The Morgan fingerprint density at radius 1 is 0.550 bits per heavy atom. The van der Waals surface area contributed by atoms with Crippen LogP contribution in [0.25, 0.3) is 21.5 Å². The molecule has 60 heavy (non-hydrogen) atoms. The van der Waals surface area contributed by atoms with Gasteiger partial charge in [0.05, 0.1) is 24.3 Å². The van der Waals surface area contributed by atoms with Crippen molar-refractivity contribution in [3.63, 3.8) is 0 Å². The van der Waals surface area contributed by atoms with E-state index in [0.717, 1.165) is 39.8 Å². The van der Waals surface area contributed by atoms with Crippen molar-refractivity contribution in [2.24, 2.45) is 0 Å². The number of rotatable bonds is 21. The van der Waals surface area contributed by atoms with E-state index in [-0.39, 0.29) is 26.6 Å². The lowest BCUT2D eigenvalue weighted by atomic mass is 10.1. The number of benzene rings is 5. The van der Waals surface area contributed by atoms with Crippen LogP contribution in [0, 0.1) is 13.8 Å². The highest BCUT2D eigenvalue weighted by Gasteiger charge is 2.18. The van der Waals surface area contributed by atoms with E-state index in [1.807, 2.05) is 0 Å². The molecule has 1 unspecified atom stereocenters. The van der Waals surface area contributed by atoms with Crippen LogP contribution in [0.1, 0.15) is 44.7 Å². The molecule has 0 fully saturated rings. The number of carbonyl (C=O) groups excluding carboxylic acids is 5. The number of esters is 5. The predicted octanol–water partition coefficient (Wildman–Crippen LogP) is 8.12. The van der Waals surface area contributed by atoms with Crippen molar-refractivity contribution < 1.29 is 61.9 Å². The van der Waals surface area contributed by atoms with E-state index in [2.05, 4.69) is 19.7 Å². The SMILES string of the molecule is C=CC(=O)OCCCCOCC(COc1ccc2cc(C(=O)Oc3ccc(OC(=O)c4ccc5cc(OCOC(=O)C=C)ccc5c4)c(C)c3C)ccc2c1)OC(=O)C=C. The van der Waals surface area contributed by atoms with Crippen LogP contribution in [-0.4, -0.2) is 69.2 Å². The fraction of sp³-hybridized carbons (Fsp3) is 0.213. The Kier molecular flexibility index (Phi) is 15.7. The lowest BCUT2D eigenvalue weighted by molar-refractivity contribution is -0.148. The van der Waals surface area contributed by atoms with Crippen molar-refractivity contribution >= 4 is 51.4 Å². The van der Waals surface area contributed by atoms with E-state index in [1.165, 1.54) is 0 Å². The van der Waals surface area contributed by atoms with E-state index in [1.54, 1.807) is 98.8 Å². The highest BCUT2D eigenvalue weighted by molar-refractivity contribution is 5.98. The van der Waals surface area contributed by atoms with Gasteiger partial charge in [-0.3, -0.25) is 0 Å². The molecule has 0 aliphatic heterocycles. The molecule has 5 aromatic rings. The van der Waals surface area contributed by atoms with Gasteiger partial charge in [-0.05, 0) is 120 Å². The van der Waals surface area contributed by atoms with Crippen molar-refractivity contribution in [2.75, 3.05) is 33.2 Å². The van der Waals surface area contributed by atoms with E-state index in [4.69, 9.17) is 37.9 Å². The van der Waals surface area contributed by atoms with Crippen LogP contribution < -0.4 is 18.9 Å². The third kappa shape index (κ3) is 12.4. The average molecular weight is 817 g/mol. The Hall–Kier alpha value is -7.25. The van der Waals surface area contributed by atoms with Gasteiger partial charge in [0.25, 0.3) is 0 Å². The maximum atomic E-state index is 13.3. The fourth-order valence-electron chi connectivity index (χ4n) is 5.68. The van der Waals surface area contributed by atoms with Crippen molar-refractivity contribution in [1.29, 1.82) is 0 Å². The van der Waals surface area contributed by atoms with Gasteiger partial charge in [0.1, 0.15) is 29.6 Å². The third-order valence-corrected chi connectivity index (χ3v) is 9.06. The number of ether oxygens (including phenoxy) is 8. The van der Waals surface area contributed by atoms with E-state index in [9.17, 15) is 24.0 Å². The summed E-state index contributed by atoms with van der Waals surface area (Å²) < 4.78 is 43.8. The first-order chi connectivity index (χ1) is 29.0. The minimum absolute atomic E-state index is 0.0177. The normalized spacial score (nSPS) is 11.2. The molecule has 0 bridgehead atoms. The molecule has 0 saturated heterocycles. The molecule has 1 atom stereocenters. The monoisotopic (exact) mass is 816 g/mol. The smallest absolute Gasteiger partial charge is 0.343 e. The largest absolute Gasteiger partial charge is 0.490 e. The summed E-state index contributed by atoms with van der Waals surface area (Å²) in [6.45, 7) is 14.1. The zero-order valence-electron chi connectivity index (χ0n) is 33.3. The van der Waals surface area contributed by atoms with Gasteiger partial charge >= 0.3 is 29.8 Å². The van der Waals surface area contributed by atoms with Gasteiger partial charge < -0.3 is 37.9 Å². The Morgan fingerprint density at radius 2 is 1.03 bits per heavy atom. The van der Waals surface area contributed by atoms with Gasteiger partial charge in [0.2, 0.25) is 6.79 Å². The molecule has 0 heterocycles. The van der Waals surface area contributed by atoms with Crippen LogP contribution in [0.4, 0.5) is 0 Å². The summed E-state index contributed by atoms with van der Waals surface area (Å²) in [6, 6.07) is 23.9. The number of hydrogen-bond donors (Lipinski definition) is 0. The number of hydrogen-bond acceptors (Lipinski definition) is 13. The van der Waals surface area contributed by atoms with Crippen LogP contribution in [0.15, 0.2) is 123 Å². The van der Waals surface area contributed by atoms with Crippen LogP contribution in [0.5, 0.6) is 23.0 Å². The molecular weight excluding hydrogens is 773 g/mol. The predicted molar refractivity (Wildman–Crippen MR) is 222 cm³/mol. The zero-order chi connectivity index (χ0) is 43.0. The molecule has 0 aliphatic carbocycles. The van der Waals surface area contributed by atoms with E-state index in [0.29, 0.717) is 64.7 Å². The molecule has 13 heteroatoms. The molecule has 5 aromatic carbocycles. The highest BCUT2D eigenvalue weighted by Crippen LogP contribution is 2.31. The van der Waals surface area contributed by atoms with Crippen LogP contribution in [0.2, 0.25) is 0 Å². The molecule has 0 saturated carbocycles. The second kappa shape index (κ2) is 21.5. The summed E-state index contributed by atoms with van der Waals surface area (Å²) in [5.74, 6) is -1.19. The summed E-state index contributed by atoms with van der Waals surface area (Å²) in [5.41, 5.74) is 1.89. The summed E-state index contributed by atoms with van der Waals surface area (Å²) in [5, 5.41) is 3.13. The molecular formula is C47H44O13. The van der Waals surface area contributed by atoms with Gasteiger partial charge in [-0.25, -0.2) is 24.0 Å².